The van der Waals surface area contributed by atoms with Gasteiger partial charge in [0.1, 0.15) is 13.2 Å². The van der Waals surface area contributed by atoms with Crippen LogP contribution in [0.2, 0.25) is 0 Å². The Labute approximate surface area is 122 Å². The van der Waals surface area contributed by atoms with Gasteiger partial charge in [0.15, 0.2) is 11.5 Å². The van der Waals surface area contributed by atoms with Gasteiger partial charge in [0.25, 0.3) is 0 Å². The Kier molecular flexibility index (Phi) is 3.45. The highest BCUT2D eigenvalue weighted by Gasteiger charge is 2.48. The van der Waals surface area contributed by atoms with E-state index in [2.05, 4.69) is 5.32 Å². The number of aliphatic carboxylic acids is 1. The highest BCUT2D eigenvalue weighted by molar-refractivity contribution is 5.89. The van der Waals surface area contributed by atoms with Crippen molar-refractivity contribution in [2.75, 3.05) is 13.2 Å². The summed E-state index contributed by atoms with van der Waals surface area (Å²) in [5.41, 5.74) is 0.903. The number of carboxylic acid groups (broad SMARTS) is 1. The van der Waals surface area contributed by atoms with Crippen LogP contribution in [0.15, 0.2) is 18.2 Å². The Hall–Kier alpha value is -2.24. The van der Waals surface area contributed by atoms with Crippen molar-refractivity contribution in [2.45, 2.75) is 19.4 Å². The zero-order valence-corrected chi connectivity index (χ0v) is 11.7. The Morgan fingerprint density at radius 2 is 1.95 bits per heavy atom. The molecule has 3 rings (SSSR count). The van der Waals surface area contributed by atoms with Gasteiger partial charge in [-0.3, -0.25) is 9.59 Å². The van der Waals surface area contributed by atoms with Crippen LogP contribution < -0.4 is 14.8 Å². The fourth-order valence-corrected chi connectivity index (χ4v) is 2.49. The van der Waals surface area contributed by atoms with Gasteiger partial charge >= 0.3 is 5.97 Å². The van der Waals surface area contributed by atoms with Gasteiger partial charge in [-0.25, -0.2) is 0 Å². The molecule has 112 valence electrons. The molecule has 1 aromatic rings. The summed E-state index contributed by atoms with van der Waals surface area (Å²) >= 11 is 0. The van der Waals surface area contributed by atoms with Gasteiger partial charge in [-0.1, -0.05) is 6.07 Å². The normalized spacial score (nSPS) is 24.0. The summed E-state index contributed by atoms with van der Waals surface area (Å²) < 4.78 is 11.0. The maximum absolute atomic E-state index is 12.0. The van der Waals surface area contributed by atoms with Gasteiger partial charge < -0.3 is 19.9 Å². The summed E-state index contributed by atoms with van der Waals surface area (Å²) in [6.07, 6.45) is 0.426. The predicted molar refractivity (Wildman–Crippen MR) is 73.2 cm³/mol. The zero-order chi connectivity index (χ0) is 15.0. The summed E-state index contributed by atoms with van der Waals surface area (Å²) in [5.74, 6) is -0.655. The Bertz CT molecular complexity index is 585. The topological polar surface area (TPSA) is 84.9 Å². The largest absolute Gasteiger partial charge is 0.486 e. The molecule has 6 nitrogen and oxygen atoms in total. The third-order valence-electron chi connectivity index (χ3n) is 3.87. The monoisotopic (exact) mass is 291 g/mol. The first kappa shape index (κ1) is 13.7. The molecular formula is C15H17NO5. The van der Waals surface area contributed by atoms with Crippen molar-refractivity contribution in [3.63, 3.8) is 0 Å². The lowest BCUT2D eigenvalue weighted by molar-refractivity contribution is -0.140. The lowest BCUT2D eigenvalue weighted by atomic mass is 10.1. The Morgan fingerprint density at radius 3 is 2.62 bits per heavy atom. The standard InChI is InChI=1S/C15H17NO5/c1-8(16-14(17)10-7-11(10)15(18)19)9-2-3-12-13(6-9)21-5-4-20-12/h2-3,6,8,10-11H,4-5,7H2,1H3,(H,16,17)(H,18,19)/t8-,10-,11+/m0/s1. The number of ether oxygens (including phenoxy) is 2. The summed E-state index contributed by atoms with van der Waals surface area (Å²) in [6, 6.07) is 5.34. The third kappa shape index (κ3) is 2.79. The molecule has 3 atom stereocenters. The molecule has 21 heavy (non-hydrogen) atoms. The number of carbonyl (C=O) groups excluding carboxylic acids is 1. The zero-order valence-electron chi connectivity index (χ0n) is 11.7. The van der Waals surface area contributed by atoms with Crippen molar-refractivity contribution < 1.29 is 24.2 Å². The lowest BCUT2D eigenvalue weighted by Gasteiger charge is -2.21. The van der Waals surface area contributed by atoms with Crippen LogP contribution in [-0.2, 0) is 9.59 Å². The molecule has 0 radical (unpaired) electrons. The number of nitrogens with one attached hydrogen (secondary N) is 1. The molecule has 2 aliphatic rings. The van der Waals surface area contributed by atoms with Crippen LogP contribution in [0.5, 0.6) is 11.5 Å². The summed E-state index contributed by atoms with van der Waals surface area (Å²) in [5, 5.41) is 11.7. The van der Waals surface area contributed by atoms with Crippen LogP contribution >= 0.6 is 0 Å². The minimum absolute atomic E-state index is 0.204. The molecule has 2 N–H and O–H groups in total. The molecule has 1 amide bonds. The molecule has 0 saturated heterocycles. The number of hydrogen-bond acceptors (Lipinski definition) is 4. The number of fused-ring (bicyclic) bond motifs is 1. The third-order valence-corrected chi connectivity index (χ3v) is 3.87. The van der Waals surface area contributed by atoms with E-state index in [-0.39, 0.29) is 11.9 Å². The molecule has 1 aliphatic carbocycles. The van der Waals surface area contributed by atoms with E-state index in [0.29, 0.717) is 31.1 Å². The molecule has 1 heterocycles. The van der Waals surface area contributed by atoms with E-state index < -0.39 is 17.8 Å². The lowest BCUT2D eigenvalue weighted by Crippen LogP contribution is -2.29. The summed E-state index contributed by atoms with van der Waals surface area (Å²) in [6.45, 7) is 2.91. The highest BCUT2D eigenvalue weighted by atomic mass is 16.6. The maximum atomic E-state index is 12.0. The Balaban J connectivity index is 1.64. The van der Waals surface area contributed by atoms with E-state index in [1.54, 1.807) is 0 Å². The second kappa shape index (κ2) is 5.27. The molecule has 0 unspecified atom stereocenters. The van der Waals surface area contributed by atoms with Crippen molar-refractivity contribution in [1.82, 2.24) is 5.32 Å². The van der Waals surface area contributed by atoms with Crippen LogP contribution in [-0.4, -0.2) is 30.2 Å². The first-order valence-electron chi connectivity index (χ1n) is 6.99. The van der Waals surface area contributed by atoms with Crippen molar-refractivity contribution in [2.24, 2.45) is 11.8 Å². The highest BCUT2D eigenvalue weighted by Crippen LogP contribution is 2.39. The molecule has 0 spiro atoms. The number of rotatable bonds is 4. The number of amides is 1. The van der Waals surface area contributed by atoms with Crippen molar-refractivity contribution in [1.29, 1.82) is 0 Å². The SMILES string of the molecule is C[C@H](NC(=O)[C@H]1C[C@H]1C(=O)O)c1ccc2c(c1)OCCO2. The van der Waals surface area contributed by atoms with Gasteiger partial charge in [-0.2, -0.15) is 0 Å². The smallest absolute Gasteiger partial charge is 0.307 e. The van der Waals surface area contributed by atoms with E-state index in [9.17, 15) is 9.59 Å². The van der Waals surface area contributed by atoms with E-state index in [1.165, 1.54) is 0 Å². The van der Waals surface area contributed by atoms with Gasteiger partial charge in [0.2, 0.25) is 5.91 Å². The second-order valence-electron chi connectivity index (χ2n) is 5.42. The first-order valence-corrected chi connectivity index (χ1v) is 6.99. The molecule has 0 bridgehead atoms. The molecular weight excluding hydrogens is 274 g/mol. The van der Waals surface area contributed by atoms with Gasteiger partial charge in [0.05, 0.1) is 17.9 Å². The number of hydrogen-bond donors (Lipinski definition) is 2. The van der Waals surface area contributed by atoms with Crippen molar-refractivity contribution in [3.05, 3.63) is 23.8 Å². The van der Waals surface area contributed by atoms with Crippen LogP contribution in [0.3, 0.4) is 0 Å². The van der Waals surface area contributed by atoms with Gasteiger partial charge in [0, 0.05) is 0 Å². The minimum Gasteiger partial charge on any atom is -0.486 e. The summed E-state index contributed by atoms with van der Waals surface area (Å²) in [7, 11) is 0. The van der Waals surface area contributed by atoms with Crippen LogP contribution in [0, 0.1) is 11.8 Å². The van der Waals surface area contributed by atoms with E-state index in [4.69, 9.17) is 14.6 Å². The van der Waals surface area contributed by atoms with Crippen LogP contribution in [0.25, 0.3) is 0 Å². The molecule has 1 saturated carbocycles. The molecule has 1 aliphatic heterocycles. The second-order valence-corrected chi connectivity index (χ2v) is 5.42. The number of benzene rings is 1. The average Bonchev–Trinajstić information content (AvgIpc) is 3.27. The number of carbonyl (C=O) groups is 2. The molecule has 1 fully saturated rings. The number of carboxylic acids is 1. The minimum atomic E-state index is -0.901. The van der Waals surface area contributed by atoms with Crippen molar-refractivity contribution in [3.8, 4) is 11.5 Å². The summed E-state index contributed by atoms with van der Waals surface area (Å²) in [4.78, 5) is 22.7. The fourth-order valence-electron chi connectivity index (χ4n) is 2.49. The van der Waals surface area contributed by atoms with Gasteiger partial charge in [-0.05, 0) is 31.0 Å². The fraction of sp³-hybridized carbons (Fsp3) is 0.467. The van der Waals surface area contributed by atoms with Gasteiger partial charge in [-0.15, -0.1) is 0 Å². The quantitative estimate of drug-likeness (QED) is 0.875. The Morgan fingerprint density at radius 1 is 1.24 bits per heavy atom. The molecule has 6 heteroatoms. The average molecular weight is 291 g/mol. The maximum Gasteiger partial charge on any atom is 0.307 e. The molecule has 0 aromatic heterocycles. The van der Waals surface area contributed by atoms with Crippen LogP contribution in [0.1, 0.15) is 24.9 Å². The van der Waals surface area contributed by atoms with E-state index in [1.807, 2.05) is 25.1 Å². The van der Waals surface area contributed by atoms with Crippen molar-refractivity contribution >= 4 is 11.9 Å². The predicted octanol–water partition coefficient (Wildman–Crippen LogP) is 1.36. The van der Waals surface area contributed by atoms with E-state index >= 15 is 0 Å². The van der Waals surface area contributed by atoms with E-state index in [0.717, 1.165) is 5.56 Å². The van der Waals surface area contributed by atoms with Crippen LogP contribution in [0.4, 0.5) is 0 Å². The molecule has 1 aromatic carbocycles. The first-order chi connectivity index (χ1) is 10.1.